The smallest absolute Gasteiger partial charge is 0.143 e. The summed E-state index contributed by atoms with van der Waals surface area (Å²) in [7, 11) is 0. The summed E-state index contributed by atoms with van der Waals surface area (Å²) in [6.45, 7) is 0. The van der Waals surface area contributed by atoms with Crippen LogP contribution >= 0.6 is 0 Å². The van der Waals surface area contributed by atoms with Gasteiger partial charge in [0.15, 0.2) is 0 Å². The third-order valence-electron chi connectivity index (χ3n) is 8.21. The van der Waals surface area contributed by atoms with Crippen molar-refractivity contribution >= 4 is 54.3 Å². The van der Waals surface area contributed by atoms with Crippen molar-refractivity contribution in [3.63, 3.8) is 0 Å². The van der Waals surface area contributed by atoms with Crippen LogP contribution in [0.4, 0.5) is 0 Å². The molecule has 0 fully saturated rings. The van der Waals surface area contributed by atoms with Gasteiger partial charge in [-0.05, 0) is 72.4 Å². The highest BCUT2D eigenvalue weighted by atomic mass is 16.3. The summed E-state index contributed by atoms with van der Waals surface area (Å²) in [5.74, 6) is 0. The molecule has 0 radical (unpaired) electrons. The highest BCUT2D eigenvalue weighted by Crippen LogP contribution is 2.47. The summed E-state index contributed by atoms with van der Waals surface area (Å²) in [5.41, 5.74) is 3.28. The van der Waals surface area contributed by atoms with Crippen molar-refractivity contribution in [3.8, 4) is 33.4 Å². The number of hydrogen-bond acceptors (Lipinski definition) is 1. The van der Waals surface area contributed by atoms with E-state index in [0.717, 1.165) is 54.6 Å². The van der Waals surface area contributed by atoms with Crippen LogP contribution in [0.15, 0.2) is 162 Å². The molecule has 0 saturated heterocycles. The molecule has 0 N–H and O–H groups in total. The molecule has 0 unspecified atom stereocenters. The Morgan fingerprint density at radius 3 is 1.70 bits per heavy atom. The number of fused-ring (bicyclic) bond motifs is 7. The fourth-order valence-electron chi connectivity index (χ4n) is 6.39. The zero-order chi connectivity index (χ0) is 36.2. The average molecular weight is 556 g/mol. The van der Waals surface area contributed by atoms with Gasteiger partial charge in [-0.15, -0.1) is 0 Å². The molecule has 1 aromatic heterocycles. The topological polar surface area (TPSA) is 13.1 Å². The highest BCUT2D eigenvalue weighted by molar-refractivity contribution is 6.27. The number of rotatable bonds is 3. The molecule has 0 aliphatic rings. The Hall–Kier alpha value is -5.66. The van der Waals surface area contributed by atoms with Gasteiger partial charge in [0.1, 0.15) is 11.2 Å². The van der Waals surface area contributed by atoms with Crippen molar-refractivity contribution in [3.05, 3.63) is 158 Å². The lowest BCUT2D eigenvalue weighted by Crippen LogP contribution is -1.91. The number of hydrogen-bond donors (Lipinski definition) is 0. The molecule has 1 nitrogen and oxygen atoms in total. The van der Waals surface area contributed by atoms with Crippen molar-refractivity contribution in [2.75, 3.05) is 0 Å². The van der Waals surface area contributed by atoms with Crippen LogP contribution in [-0.2, 0) is 0 Å². The van der Waals surface area contributed by atoms with Gasteiger partial charge in [-0.25, -0.2) is 0 Å². The molecule has 0 aliphatic heterocycles. The van der Waals surface area contributed by atoms with Crippen LogP contribution in [-0.4, -0.2) is 0 Å². The molecule has 200 valence electrons. The zero-order valence-electron chi connectivity index (χ0n) is 31.7. The summed E-state index contributed by atoms with van der Waals surface area (Å²) in [5, 5.41) is 7.13. The first kappa shape index (κ1) is 16.7. The fraction of sp³-hybridized carbons (Fsp3) is 0. The zero-order valence-corrected chi connectivity index (χ0v) is 22.7. The first-order valence-corrected chi connectivity index (χ1v) is 14.0. The van der Waals surface area contributed by atoms with E-state index >= 15 is 0 Å². The Morgan fingerprint density at radius 2 is 1.00 bits per heavy atom. The van der Waals surface area contributed by atoms with Crippen LogP contribution in [0.25, 0.3) is 87.6 Å². The normalized spacial score (nSPS) is 14.7. The minimum Gasteiger partial charge on any atom is -0.455 e. The Kier molecular flexibility index (Phi) is 3.67. The number of furan rings is 1. The lowest BCUT2D eigenvalue weighted by atomic mass is 9.84. The minimum atomic E-state index is -0.613. The third-order valence-corrected chi connectivity index (χ3v) is 8.21. The second-order valence-electron chi connectivity index (χ2n) is 10.5. The largest absolute Gasteiger partial charge is 0.455 e. The molecule has 8 aromatic carbocycles. The minimum absolute atomic E-state index is 0.0588. The van der Waals surface area contributed by atoms with E-state index in [1.54, 1.807) is 0 Å². The quantitative estimate of drug-likeness (QED) is 0.198. The third kappa shape index (κ3) is 3.65. The number of benzene rings is 8. The maximum Gasteiger partial charge on any atom is 0.143 e. The van der Waals surface area contributed by atoms with Crippen LogP contribution in [0.2, 0.25) is 0 Å². The molecule has 0 saturated carbocycles. The van der Waals surface area contributed by atoms with Crippen molar-refractivity contribution in [1.29, 1.82) is 0 Å². The molecular weight excluding hydrogens is 520 g/mol. The van der Waals surface area contributed by atoms with Gasteiger partial charge in [0, 0.05) is 16.2 Å². The second kappa shape index (κ2) is 9.44. The summed E-state index contributed by atoms with van der Waals surface area (Å²) >= 11 is 0. The summed E-state index contributed by atoms with van der Waals surface area (Å²) in [6, 6.07) is 29.0. The first-order chi connectivity index (χ1) is 25.1. The van der Waals surface area contributed by atoms with Crippen molar-refractivity contribution in [1.82, 2.24) is 0 Å². The van der Waals surface area contributed by atoms with E-state index in [1.165, 1.54) is 0 Å². The van der Waals surface area contributed by atoms with Crippen LogP contribution in [0, 0.1) is 0 Å². The van der Waals surface area contributed by atoms with E-state index in [-0.39, 0.29) is 28.8 Å². The molecular formula is C42H26O. The lowest BCUT2D eigenvalue weighted by Gasteiger charge is -2.18. The Morgan fingerprint density at radius 1 is 0.419 bits per heavy atom. The van der Waals surface area contributed by atoms with Gasteiger partial charge in [0.05, 0.1) is 12.3 Å². The van der Waals surface area contributed by atoms with Gasteiger partial charge >= 0.3 is 0 Å². The first-order valence-electron chi connectivity index (χ1n) is 18.5. The molecule has 9 aromatic rings. The van der Waals surface area contributed by atoms with E-state index in [1.807, 2.05) is 72.8 Å². The molecule has 43 heavy (non-hydrogen) atoms. The van der Waals surface area contributed by atoms with E-state index in [0.29, 0.717) is 16.3 Å². The lowest BCUT2D eigenvalue weighted by molar-refractivity contribution is 0.673. The molecule has 0 aliphatic carbocycles. The van der Waals surface area contributed by atoms with Crippen LogP contribution < -0.4 is 0 Å². The predicted molar refractivity (Wildman–Crippen MR) is 183 cm³/mol. The SMILES string of the molecule is [2H]c1c([2H])c([2H])c(-c2c([2H])c([2H])c(-c3c4ccccc4c(-c4cccc5oc6c7ccccc7ccc6c45)c4ccccc34)c([2H])c2[2H])c([2H])c1[2H]. The van der Waals surface area contributed by atoms with Gasteiger partial charge in [-0.2, -0.15) is 0 Å². The summed E-state index contributed by atoms with van der Waals surface area (Å²) in [6.07, 6.45) is 0. The maximum absolute atomic E-state index is 9.31. The average Bonchev–Trinajstić information content (AvgIpc) is 3.56. The van der Waals surface area contributed by atoms with Crippen LogP contribution in [0.5, 0.6) is 0 Å². The van der Waals surface area contributed by atoms with Crippen LogP contribution in [0.3, 0.4) is 0 Å². The monoisotopic (exact) mass is 555 g/mol. The molecule has 0 amide bonds. The van der Waals surface area contributed by atoms with Crippen molar-refractivity contribution in [2.45, 2.75) is 0 Å². The molecule has 0 spiro atoms. The molecule has 0 atom stereocenters. The van der Waals surface area contributed by atoms with Crippen molar-refractivity contribution in [2.24, 2.45) is 0 Å². The maximum atomic E-state index is 9.31. The van der Waals surface area contributed by atoms with Gasteiger partial charge in [-0.3, -0.25) is 0 Å². The molecule has 0 bridgehead atoms. The van der Waals surface area contributed by atoms with Crippen molar-refractivity contribution < 1.29 is 16.8 Å². The van der Waals surface area contributed by atoms with Gasteiger partial charge < -0.3 is 4.42 Å². The van der Waals surface area contributed by atoms with E-state index in [9.17, 15) is 2.74 Å². The molecule has 1 heteroatoms. The predicted octanol–water partition coefficient (Wildman–Crippen LogP) is 12.0. The van der Waals surface area contributed by atoms with Gasteiger partial charge in [0.2, 0.25) is 0 Å². The standard InChI is InChI=1S/C42H26O/c1-2-11-27(12-3-1)28-21-23-30(24-22-28)39-32-15-6-8-17-34(32)40(35-18-9-7-16-33(35)39)36-19-10-20-38-41(36)37-26-25-29-13-4-5-14-31(29)42(37)43-38/h1-26H/i1D,2D,3D,11D,12D,21D,22D,23D,24D. The highest BCUT2D eigenvalue weighted by Gasteiger charge is 2.20. The summed E-state index contributed by atoms with van der Waals surface area (Å²) in [4.78, 5) is 0. The Labute approximate surface area is 261 Å². The second-order valence-corrected chi connectivity index (χ2v) is 10.5. The molecule has 1 heterocycles. The Balaban J connectivity index is 1.39. The van der Waals surface area contributed by atoms with E-state index in [2.05, 4.69) is 30.3 Å². The molecule has 9 rings (SSSR count). The summed E-state index contributed by atoms with van der Waals surface area (Å²) < 4.78 is 84.7. The van der Waals surface area contributed by atoms with Gasteiger partial charge in [0.25, 0.3) is 0 Å². The van der Waals surface area contributed by atoms with Crippen LogP contribution in [0.1, 0.15) is 12.3 Å². The Bertz CT molecular complexity index is 2900. The van der Waals surface area contributed by atoms with E-state index in [4.69, 9.17) is 14.0 Å². The van der Waals surface area contributed by atoms with E-state index < -0.39 is 42.3 Å². The van der Waals surface area contributed by atoms with Gasteiger partial charge in [-0.1, -0.05) is 145 Å². The fourth-order valence-corrected chi connectivity index (χ4v) is 6.39.